The molecule has 2 aromatic heterocycles. The van der Waals surface area contributed by atoms with Crippen LogP contribution < -0.4 is 0 Å². The van der Waals surface area contributed by atoms with Crippen LogP contribution >= 0.6 is 12.6 Å². The van der Waals surface area contributed by atoms with Gasteiger partial charge in [-0.2, -0.15) is 12.6 Å². The van der Waals surface area contributed by atoms with Gasteiger partial charge in [0.25, 0.3) is 0 Å². The minimum absolute atomic E-state index is 0.138. The van der Waals surface area contributed by atoms with Gasteiger partial charge in [0, 0.05) is 0 Å². The van der Waals surface area contributed by atoms with Crippen LogP contribution in [0.15, 0.2) is 25.2 Å². The van der Waals surface area contributed by atoms with Crippen molar-refractivity contribution in [1.82, 2.24) is 19.9 Å². The van der Waals surface area contributed by atoms with Crippen molar-refractivity contribution in [3.8, 4) is 0 Å². The van der Waals surface area contributed by atoms with Crippen LogP contribution in [0.3, 0.4) is 0 Å². The van der Waals surface area contributed by atoms with Crippen molar-refractivity contribution in [2.75, 3.05) is 0 Å². The van der Waals surface area contributed by atoms with Gasteiger partial charge in [-0.15, -0.1) is 6.58 Å². The van der Waals surface area contributed by atoms with Crippen molar-refractivity contribution in [2.24, 2.45) is 0 Å². The number of rotatable bonds is 2. The molecule has 2 aromatic rings. The van der Waals surface area contributed by atoms with E-state index in [4.69, 9.17) is 0 Å². The fourth-order valence-corrected chi connectivity index (χ4v) is 1.12. The van der Waals surface area contributed by atoms with Crippen LogP contribution in [-0.2, 0) is 0 Å². The Morgan fingerprint density at radius 1 is 1.54 bits per heavy atom. The average molecular weight is 192 g/mol. The molecule has 0 saturated heterocycles. The minimum atomic E-state index is -0.138. The monoisotopic (exact) mass is 192 g/mol. The molecule has 0 aliphatic carbocycles. The lowest BCUT2D eigenvalue weighted by molar-refractivity contribution is 0.998. The number of nitrogens with one attached hydrogen (secondary N) is 1. The Labute approximate surface area is 80.5 Å². The first-order valence-corrected chi connectivity index (χ1v) is 4.29. The molecular formula is C8H8N4S. The number of hydrogen-bond acceptors (Lipinski definition) is 4. The topological polar surface area (TPSA) is 54.5 Å². The standard InChI is InChI=1S/C8H8N4S/c1-2-6(13)8-9-3-5-7(12-8)11-4-10-5/h2-4,6,13H,1H2,(H,9,10,11,12). The Bertz CT molecular complexity index is 436. The van der Waals surface area contributed by atoms with Crippen molar-refractivity contribution in [2.45, 2.75) is 5.25 Å². The van der Waals surface area contributed by atoms with Crippen LogP contribution in [0.25, 0.3) is 11.2 Å². The molecule has 0 aliphatic rings. The average Bonchev–Trinajstić information content (AvgIpc) is 2.63. The Hall–Kier alpha value is -1.36. The molecule has 0 aliphatic heterocycles. The minimum Gasteiger partial charge on any atom is -0.342 e. The Balaban J connectivity index is 2.53. The molecule has 1 unspecified atom stereocenters. The molecule has 0 aromatic carbocycles. The summed E-state index contributed by atoms with van der Waals surface area (Å²) in [6.07, 6.45) is 4.96. The summed E-state index contributed by atoms with van der Waals surface area (Å²) in [5.74, 6) is 0.623. The van der Waals surface area contributed by atoms with Gasteiger partial charge in [0.05, 0.1) is 17.8 Å². The van der Waals surface area contributed by atoms with Crippen molar-refractivity contribution in [3.63, 3.8) is 0 Å². The van der Waals surface area contributed by atoms with Gasteiger partial charge < -0.3 is 4.98 Å². The third kappa shape index (κ3) is 1.42. The lowest BCUT2D eigenvalue weighted by atomic mass is 10.4. The Morgan fingerprint density at radius 3 is 3.15 bits per heavy atom. The van der Waals surface area contributed by atoms with Gasteiger partial charge in [0.15, 0.2) is 5.65 Å². The normalized spacial score (nSPS) is 13.0. The van der Waals surface area contributed by atoms with Crippen LogP contribution in [-0.4, -0.2) is 19.9 Å². The van der Waals surface area contributed by atoms with E-state index in [0.717, 1.165) is 5.52 Å². The van der Waals surface area contributed by atoms with E-state index in [9.17, 15) is 0 Å². The fourth-order valence-electron chi connectivity index (χ4n) is 0.997. The molecule has 2 heterocycles. The molecule has 0 fully saturated rings. The molecule has 0 spiro atoms. The zero-order chi connectivity index (χ0) is 9.26. The second-order valence-electron chi connectivity index (χ2n) is 2.55. The molecule has 66 valence electrons. The summed E-state index contributed by atoms with van der Waals surface area (Å²) >= 11 is 4.24. The van der Waals surface area contributed by atoms with E-state index in [-0.39, 0.29) is 5.25 Å². The Morgan fingerprint density at radius 2 is 2.38 bits per heavy atom. The first-order valence-electron chi connectivity index (χ1n) is 3.78. The molecule has 0 amide bonds. The van der Waals surface area contributed by atoms with Gasteiger partial charge in [-0.25, -0.2) is 15.0 Å². The zero-order valence-corrected chi connectivity index (χ0v) is 7.70. The summed E-state index contributed by atoms with van der Waals surface area (Å²) in [5.41, 5.74) is 1.49. The van der Waals surface area contributed by atoms with E-state index < -0.39 is 0 Å². The fraction of sp³-hybridized carbons (Fsp3) is 0.125. The SMILES string of the molecule is C=CC(S)c1ncc2[nH]cnc2n1. The summed E-state index contributed by atoms with van der Waals surface area (Å²) in [6, 6.07) is 0. The number of hydrogen-bond donors (Lipinski definition) is 2. The van der Waals surface area contributed by atoms with E-state index in [1.807, 2.05) is 0 Å². The summed E-state index contributed by atoms with van der Waals surface area (Å²) in [7, 11) is 0. The second kappa shape index (κ2) is 3.18. The lowest BCUT2D eigenvalue weighted by Crippen LogP contribution is -1.95. The molecule has 13 heavy (non-hydrogen) atoms. The number of imidazole rings is 1. The third-order valence-electron chi connectivity index (χ3n) is 1.68. The number of fused-ring (bicyclic) bond motifs is 1. The highest BCUT2D eigenvalue weighted by molar-refractivity contribution is 7.80. The highest BCUT2D eigenvalue weighted by Crippen LogP contribution is 2.17. The smallest absolute Gasteiger partial charge is 0.180 e. The van der Waals surface area contributed by atoms with E-state index in [1.165, 1.54) is 0 Å². The largest absolute Gasteiger partial charge is 0.342 e. The predicted molar refractivity (Wildman–Crippen MR) is 53.6 cm³/mol. The van der Waals surface area contributed by atoms with Crippen molar-refractivity contribution in [1.29, 1.82) is 0 Å². The maximum atomic E-state index is 4.24. The maximum Gasteiger partial charge on any atom is 0.180 e. The molecule has 5 heteroatoms. The van der Waals surface area contributed by atoms with E-state index in [0.29, 0.717) is 11.5 Å². The molecule has 0 saturated carbocycles. The van der Waals surface area contributed by atoms with Gasteiger partial charge in [0.2, 0.25) is 0 Å². The van der Waals surface area contributed by atoms with E-state index >= 15 is 0 Å². The van der Waals surface area contributed by atoms with Crippen LogP contribution in [0.1, 0.15) is 11.1 Å². The Kier molecular flexibility index (Phi) is 2.02. The first-order chi connectivity index (χ1) is 6.31. The zero-order valence-electron chi connectivity index (χ0n) is 6.81. The summed E-state index contributed by atoms with van der Waals surface area (Å²) < 4.78 is 0. The van der Waals surface area contributed by atoms with Crippen molar-refractivity contribution < 1.29 is 0 Å². The number of aromatic amines is 1. The van der Waals surface area contributed by atoms with Crippen LogP contribution in [0, 0.1) is 0 Å². The molecular weight excluding hydrogens is 184 g/mol. The molecule has 1 atom stereocenters. The van der Waals surface area contributed by atoms with Gasteiger partial charge in [-0.3, -0.25) is 0 Å². The summed E-state index contributed by atoms with van der Waals surface area (Å²) in [6.45, 7) is 3.62. The van der Waals surface area contributed by atoms with Gasteiger partial charge in [-0.1, -0.05) is 6.08 Å². The number of thiol groups is 1. The van der Waals surface area contributed by atoms with Gasteiger partial charge in [-0.05, 0) is 0 Å². The number of aromatic nitrogens is 4. The summed E-state index contributed by atoms with van der Waals surface area (Å²) in [4.78, 5) is 15.3. The lowest BCUT2D eigenvalue weighted by Gasteiger charge is -2.01. The van der Waals surface area contributed by atoms with Crippen LogP contribution in [0.2, 0.25) is 0 Å². The summed E-state index contributed by atoms with van der Waals surface area (Å²) in [5, 5.41) is -0.138. The van der Waals surface area contributed by atoms with Crippen molar-refractivity contribution in [3.05, 3.63) is 31.0 Å². The van der Waals surface area contributed by atoms with Crippen LogP contribution in [0.4, 0.5) is 0 Å². The molecule has 4 nitrogen and oxygen atoms in total. The maximum absolute atomic E-state index is 4.24. The van der Waals surface area contributed by atoms with E-state index in [2.05, 4.69) is 39.1 Å². The second-order valence-corrected chi connectivity index (χ2v) is 3.10. The quantitative estimate of drug-likeness (QED) is 0.560. The van der Waals surface area contributed by atoms with Crippen molar-refractivity contribution >= 4 is 23.8 Å². The first kappa shape index (κ1) is 8.25. The van der Waals surface area contributed by atoms with E-state index in [1.54, 1.807) is 18.6 Å². The predicted octanol–water partition coefficient (Wildman–Crippen LogP) is 1.51. The highest BCUT2D eigenvalue weighted by Gasteiger charge is 2.06. The third-order valence-corrected chi connectivity index (χ3v) is 2.12. The highest BCUT2D eigenvalue weighted by atomic mass is 32.1. The van der Waals surface area contributed by atoms with Gasteiger partial charge in [0.1, 0.15) is 11.3 Å². The molecule has 0 bridgehead atoms. The number of H-pyrrole nitrogens is 1. The molecule has 2 rings (SSSR count). The molecule has 1 N–H and O–H groups in total. The van der Waals surface area contributed by atoms with Gasteiger partial charge >= 0.3 is 0 Å². The number of nitrogens with zero attached hydrogens (tertiary/aromatic N) is 3. The molecule has 0 radical (unpaired) electrons. The van der Waals surface area contributed by atoms with Crippen LogP contribution in [0.5, 0.6) is 0 Å².